The van der Waals surface area contributed by atoms with Crippen molar-refractivity contribution in [2.24, 2.45) is 5.92 Å². The summed E-state index contributed by atoms with van der Waals surface area (Å²) in [6.07, 6.45) is 1.37. The van der Waals surface area contributed by atoms with E-state index in [1.807, 2.05) is 0 Å². The average molecular weight is 299 g/mol. The minimum atomic E-state index is -3.65. The molecule has 0 aliphatic heterocycles. The molecule has 1 aromatic carbocycles. The molecular weight excluding hydrogens is 282 g/mol. The summed E-state index contributed by atoms with van der Waals surface area (Å²) in [4.78, 5) is 11.0. The Kier molecular flexibility index (Phi) is 4.29. The van der Waals surface area contributed by atoms with Crippen LogP contribution in [0.15, 0.2) is 29.2 Å². The summed E-state index contributed by atoms with van der Waals surface area (Å²) >= 11 is 0. The number of aliphatic carboxylic acids is 1. The van der Waals surface area contributed by atoms with Crippen molar-refractivity contribution in [3.05, 3.63) is 24.3 Å². The molecule has 20 heavy (non-hydrogen) atoms. The SMILES string of the molecule is COc1cccc(S(=O)(=O)NC2CCC(C(=O)O)C2)c1. The molecule has 110 valence electrons. The van der Waals surface area contributed by atoms with Crippen LogP contribution in [0.3, 0.4) is 0 Å². The highest BCUT2D eigenvalue weighted by Crippen LogP contribution is 2.27. The Balaban J connectivity index is 2.10. The third-order valence-corrected chi connectivity index (χ3v) is 4.97. The van der Waals surface area contributed by atoms with Gasteiger partial charge < -0.3 is 9.84 Å². The van der Waals surface area contributed by atoms with Crippen LogP contribution in [0.2, 0.25) is 0 Å². The van der Waals surface area contributed by atoms with Gasteiger partial charge in [-0.2, -0.15) is 0 Å². The lowest BCUT2D eigenvalue weighted by Gasteiger charge is -2.13. The van der Waals surface area contributed by atoms with Gasteiger partial charge in [-0.15, -0.1) is 0 Å². The smallest absolute Gasteiger partial charge is 0.306 e. The molecule has 1 aliphatic rings. The van der Waals surface area contributed by atoms with Crippen LogP contribution in [0.25, 0.3) is 0 Å². The van der Waals surface area contributed by atoms with Gasteiger partial charge in [0.1, 0.15) is 5.75 Å². The van der Waals surface area contributed by atoms with Crippen molar-refractivity contribution in [3.8, 4) is 5.75 Å². The van der Waals surface area contributed by atoms with Crippen LogP contribution in [0.5, 0.6) is 5.75 Å². The molecule has 2 atom stereocenters. The number of hydrogen-bond donors (Lipinski definition) is 2. The number of sulfonamides is 1. The van der Waals surface area contributed by atoms with Gasteiger partial charge in [-0.05, 0) is 31.4 Å². The Morgan fingerprint density at radius 1 is 1.40 bits per heavy atom. The molecule has 0 bridgehead atoms. The number of benzene rings is 1. The van der Waals surface area contributed by atoms with E-state index in [0.717, 1.165) is 0 Å². The highest BCUT2D eigenvalue weighted by Gasteiger charge is 2.32. The summed E-state index contributed by atoms with van der Waals surface area (Å²) in [6, 6.07) is 5.85. The van der Waals surface area contributed by atoms with Crippen molar-refractivity contribution in [2.45, 2.75) is 30.2 Å². The van der Waals surface area contributed by atoms with Crippen LogP contribution in [0.1, 0.15) is 19.3 Å². The van der Waals surface area contributed by atoms with Crippen LogP contribution in [-0.2, 0) is 14.8 Å². The van der Waals surface area contributed by atoms with E-state index in [-0.39, 0.29) is 10.9 Å². The number of methoxy groups -OCH3 is 1. The maximum Gasteiger partial charge on any atom is 0.306 e. The molecular formula is C13H17NO5S. The summed E-state index contributed by atoms with van der Waals surface area (Å²) in [5.41, 5.74) is 0. The Morgan fingerprint density at radius 3 is 2.75 bits per heavy atom. The molecule has 6 nitrogen and oxygen atoms in total. The first-order valence-electron chi connectivity index (χ1n) is 6.31. The number of rotatable bonds is 5. The van der Waals surface area contributed by atoms with Gasteiger partial charge in [-0.1, -0.05) is 6.07 Å². The Labute approximate surface area is 117 Å². The molecule has 0 spiro atoms. The van der Waals surface area contributed by atoms with Crippen molar-refractivity contribution in [3.63, 3.8) is 0 Å². The summed E-state index contributed by atoms with van der Waals surface area (Å²) < 4.78 is 32.0. The number of nitrogens with one attached hydrogen (secondary N) is 1. The summed E-state index contributed by atoms with van der Waals surface area (Å²) in [5, 5.41) is 8.92. The number of carbonyl (C=O) groups is 1. The van der Waals surface area contributed by atoms with Crippen molar-refractivity contribution >= 4 is 16.0 Å². The molecule has 0 aromatic heterocycles. The molecule has 2 unspecified atom stereocenters. The van der Waals surface area contributed by atoms with Crippen molar-refractivity contribution in [2.75, 3.05) is 7.11 Å². The Hall–Kier alpha value is -1.60. The minimum Gasteiger partial charge on any atom is -0.497 e. The predicted molar refractivity (Wildman–Crippen MR) is 72.1 cm³/mol. The Bertz CT molecular complexity index is 599. The van der Waals surface area contributed by atoms with Gasteiger partial charge in [-0.25, -0.2) is 13.1 Å². The van der Waals surface area contributed by atoms with Crippen molar-refractivity contribution < 1.29 is 23.1 Å². The lowest BCUT2D eigenvalue weighted by molar-refractivity contribution is -0.141. The largest absolute Gasteiger partial charge is 0.497 e. The highest BCUT2D eigenvalue weighted by molar-refractivity contribution is 7.89. The molecule has 2 N–H and O–H groups in total. The summed E-state index contributed by atoms with van der Waals surface area (Å²) in [7, 11) is -2.18. The number of carboxylic acid groups (broad SMARTS) is 1. The van der Waals surface area contributed by atoms with Crippen molar-refractivity contribution in [1.82, 2.24) is 4.72 Å². The first-order valence-corrected chi connectivity index (χ1v) is 7.80. The van der Waals surface area contributed by atoms with Gasteiger partial charge >= 0.3 is 5.97 Å². The van der Waals surface area contributed by atoms with Gasteiger partial charge in [0, 0.05) is 12.1 Å². The first-order chi connectivity index (χ1) is 9.42. The molecule has 0 heterocycles. The number of hydrogen-bond acceptors (Lipinski definition) is 4. The second-order valence-corrected chi connectivity index (χ2v) is 6.56. The standard InChI is InChI=1S/C13H17NO5S/c1-19-11-3-2-4-12(8-11)20(17,18)14-10-6-5-9(7-10)13(15)16/h2-4,8-10,14H,5-7H2,1H3,(H,15,16). The van der Waals surface area contributed by atoms with Crippen LogP contribution < -0.4 is 9.46 Å². The van der Waals surface area contributed by atoms with Gasteiger partial charge in [0.05, 0.1) is 17.9 Å². The third kappa shape index (κ3) is 3.29. The molecule has 0 saturated heterocycles. The minimum absolute atomic E-state index is 0.121. The fourth-order valence-electron chi connectivity index (χ4n) is 2.37. The molecule has 1 saturated carbocycles. The molecule has 7 heteroatoms. The third-order valence-electron chi connectivity index (χ3n) is 3.46. The van der Waals surface area contributed by atoms with Crippen molar-refractivity contribution in [1.29, 1.82) is 0 Å². The maximum absolute atomic E-state index is 12.2. The zero-order valence-electron chi connectivity index (χ0n) is 11.1. The van der Waals surface area contributed by atoms with E-state index in [1.54, 1.807) is 12.1 Å². The maximum atomic E-state index is 12.2. The summed E-state index contributed by atoms with van der Waals surface area (Å²) in [5.74, 6) is -0.871. The molecule has 1 fully saturated rings. The Morgan fingerprint density at radius 2 is 2.15 bits per heavy atom. The summed E-state index contributed by atoms with van der Waals surface area (Å²) in [6.45, 7) is 0. The highest BCUT2D eigenvalue weighted by atomic mass is 32.2. The lowest BCUT2D eigenvalue weighted by atomic mass is 10.1. The van der Waals surface area contributed by atoms with Crippen LogP contribution in [0.4, 0.5) is 0 Å². The van der Waals surface area contributed by atoms with E-state index < -0.39 is 21.9 Å². The monoisotopic (exact) mass is 299 g/mol. The normalized spacial score (nSPS) is 22.6. The van der Waals surface area contributed by atoms with Gasteiger partial charge in [0.15, 0.2) is 0 Å². The molecule has 1 aliphatic carbocycles. The van der Waals surface area contributed by atoms with E-state index in [4.69, 9.17) is 9.84 Å². The van der Waals surface area contributed by atoms with Crippen LogP contribution in [-0.4, -0.2) is 32.6 Å². The van der Waals surface area contributed by atoms with E-state index >= 15 is 0 Å². The van der Waals surface area contributed by atoms with E-state index in [9.17, 15) is 13.2 Å². The quantitative estimate of drug-likeness (QED) is 0.853. The molecule has 0 radical (unpaired) electrons. The number of ether oxygens (including phenoxy) is 1. The van der Waals surface area contributed by atoms with Crippen LogP contribution in [0, 0.1) is 5.92 Å². The first kappa shape index (κ1) is 14.8. The number of carboxylic acids is 1. The lowest BCUT2D eigenvalue weighted by Crippen LogP contribution is -2.33. The predicted octanol–water partition coefficient (Wildman–Crippen LogP) is 1.23. The van der Waals surface area contributed by atoms with E-state index in [2.05, 4.69) is 4.72 Å². The topological polar surface area (TPSA) is 92.7 Å². The molecule has 1 aromatic rings. The second kappa shape index (κ2) is 5.80. The fourth-order valence-corrected chi connectivity index (χ4v) is 3.69. The fraction of sp³-hybridized carbons (Fsp3) is 0.462. The zero-order chi connectivity index (χ0) is 14.8. The zero-order valence-corrected chi connectivity index (χ0v) is 11.9. The average Bonchev–Trinajstić information content (AvgIpc) is 2.87. The second-order valence-electron chi connectivity index (χ2n) is 4.85. The van der Waals surface area contributed by atoms with Gasteiger partial charge in [0.2, 0.25) is 10.0 Å². The molecule has 2 rings (SSSR count). The van der Waals surface area contributed by atoms with E-state index in [0.29, 0.717) is 25.0 Å². The van der Waals surface area contributed by atoms with E-state index in [1.165, 1.54) is 19.2 Å². The van der Waals surface area contributed by atoms with Gasteiger partial charge in [-0.3, -0.25) is 4.79 Å². The molecule has 0 amide bonds. The van der Waals surface area contributed by atoms with Gasteiger partial charge in [0.25, 0.3) is 0 Å². The van der Waals surface area contributed by atoms with Crippen LogP contribution >= 0.6 is 0 Å².